The van der Waals surface area contributed by atoms with Crippen LogP contribution in [0, 0.1) is 5.82 Å². The van der Waals surface area contributed by atoms with Crippen LogP contribution < -0.4 is 4.90 Å². The SMILES string of the molecule is O=C(CSc1nnc(-c2ccc(F)cc2)n1Cc1ccccc1)c1cccc(N2CCCC2=O)c1. The Bertz CT molecular complexity index is 1360. The van der Waals surface area contributed by atoms with E-state index in [1.807, 2.05) is 47.0 Å². The molecule has 0 N–H and O–H groups in total. The van der Waals surface area contributed by atoms with Crippen molar-refractivity contribution in [3.05, 3.63) is 95.8 Å². The minimum Gasteiger partial charge on any atom is -0.312 e. The Morgan fingerprint density at radius 2 is 1.77 bits per heavy atom. The molecule has 1 amide bonds. The Morgan fingerprint density at radius 1 is 0.971 bits per heavy atom. The summed E-state index contributed by atoms with van der Waals surface area (Å²) < 4.78 is 15.4. The first-order chi connectivity index (χ1) is 17.1. The van der Waals surface area contributed by atoms with E-state index in [2.05, 4.69) is 10.2 Å². The van der Waals surface area contributed by atoms with Crippen LogP contribution in [0.1, 0.15) is 28.8 Å². The lowest BCUT2D eigenvalue weighted by Crippen LogP contribution is -2.23. The van der Waals surface area contributed by atoms with E-state index in [9.17, 15) is 14.0 Å². The number of carbonyl (C=O) groups excluding carboxylic acids is 2. The van der Waals surface area contributed by atoms with Crippen LogP contribution in [-0.2, 0) is 11.3 Å². The van der Waals surface area contributed by atoms with Gasteiger partial charge in [-0.05, 0) is 48.4 Å². The van der Waals surface area contributed by atoms with Gasteiger partial charge in [-0.15, -0.1) is 10.2 Å². The van der Waals surface area contributed by atoms with Crippen LogP contribution in [0.4, 0.5) is 10.1 Å². The molecule has 2 heterocycles. The molecule has 1 aliphatic rings. The van der Waals surface area contributed by atoms with E-state index in [1.165, 1.54) is 23.9 Å². The van der Waals surface area contributed by atoms with Gasteiger partial charge in [-0.2, -0.15) is 0 Å². The number of aromatic nitrogens is 3. The summed E-state index contributed by atoms with van der Waals surface area (Å²) in [6.07, 6.45) is 1.38. The van der Waals surface area contributed by atoms with Crippen molar-refractivity contribution in [2.45, 2.75) is 24.5 Å². The summed E-state index contributed by atoms with van der Waals surface area (Å²) in [6.45, 7) is 1.20. The summed E-state index contributed by atoms with van der Waals surface area (Å²) >= 11 is 1.31. The predicted octanol–water partition coefficient (Wildman–Crippen LogP) is 5.23. The van der Waals surface area contributed by atoms with Gasteiger partial charge in [-0.3, -0.25) is 14.2 Å². The van der Waals surface area contributed by atoms with Gasteiger partial charge >= 0.3 is 0 Å². The van der Waals surface area contributed by atoms with Crippen molar-refractivity contribution in [3.8, 4) is 11.4 Å². The molecule has 0 spiro atoms. The van der Waals surface area contributed by atoms with Gasteiger partial charge in [0.05, 0.1) is 12.3 Å². The maximum atomic E-state index is 13.5. The highest BCUT2D eigenvalue weighted by Crippen LogP contribution is 2.27. The normalized spacial score (nSPS) is 13.4. The number of carbonyl (C=O) groups is 2. The zero-order valence-corrected chi connectivity index (χ0v) is 19.7. The fourth-order valence-electron chi connectivity index (χ4n) is 4.10. The van der Waals surface area contributed by atoms with E-state index in [-0.39, 0.29) is 23.3 Å². The highest BCUT2D eigenvalue weighted by atomic mass is 32.2. The smallest absolute Gasteiger partial charge is 0.227 e. The molecule has 3 aromatic carbocycles. The third kappa shape index (κ3) is 5.17. The molecule has 1 fully saturated rings. The molecule has 0 saturated carbocycles. The molecule has 0 bridgehead atoms. The molecule has 0 aliphatic carbocycles. The molecule has 35 heavy (non-hydrogen) atoms. The van der Waals surface area contributed by atoms with Crippen molar-refractivity contribution in [1.29, 1.82) is 0 Å². The van der Waals surface area contributed by atoms with Crippen LogP contribution in [0.25, 0.3) is 11.4 Å². The Hall–Kier alpha value is -3.78. The molecule has 0 atom stereocenters. The van der Waals surface area contributed by atoms with Crippen LogP contribution >= 0.6 is 11.8 Å². The van der Waals surface area contributed by atoms with E-state index in [4.69, 9.17) is 0 Å². The topological polar surface area (TPSA) is 68.1 Å². The Morgan fingerprint density at radius 3 is 2.51 bits per heavy atom. The lowest BCUT2D eigenvalue weighted by Gasteiger charge is -2.16. The molecular weight excluding hydrogens is 463 g/mol. The van der Waals surface area contributed by atoms with Crippen molar-refractivity contribution in [2.75, 3.05) is 17.2 Å². The van der Waals surface area contributed by atoms with E-state index in [0.29, 0.717) is 36.1 Å². The fourth-order valence-corrected chi connectivity index (χ4v) is 4.93. The molecule has 0 unspecified atom stereocenters. The number of hydrogen-bond acceptors (Lipinski definition) is 5. The van der Waals surface area contributed by atoms with Gasteiger partial charge in [0.25, 0.3) is 0 Å². The lowest BCUT2D eigenvalue weighted by atomic mass is 10.1. The molecule has 1 saturated heterocycles. The van der Waals surface area contributed by atoms with Gasteiger partial charge in [-0.1, -0.05) is 54.2 Å². The standard InChI is InChI=1S/C27H23FN4O2S/c28-22-13-11-20(12-14-22)26-29-30-27(32(26)17-19-6-2-1-3-7-19)35-18-24(33)21-8-4-9-23(16-21)31-15-5-10-25(31)34/h1-4,6-9,11-14,16H,5,10,15,17-18H2. The molecule has 0 radical (unpaired) electrons. The Kier molecular flexibility index (Phi) is 6.72. The van der Waals surface area contributed by atoms with Crippen molar-refractivity contribution in [2.24, 2.45) is 0 Å². The van der Waals surface area contributed by atoms with Crippen LogP contribution in [-0.4, -0.2) is 38.8 Å². The van der Waals surface area contributed by atoms with Crippen LogP contribution in [0.2, 0.25) is 0 Å². The Balaban J connectivity index is 1.37. The zero-order chi connectivity index (χ0) is 24.2. The molecule has 1 aromatic heterocycles. The second-order valence-electron chi connectivity index (χ2n) is 8.30. The van der Waals surface area contributed by atoms with Crippen LogP contribution in [0.5, 0.6) is 0 Å². The highest BCUT2D eigenvalue weighted by molar-refractivity contribution is 7.99. The number of thioether (sulfide) groups is 1. The summed E-state index contributed by atoms with van der Waals surface area (Å²) in [5.74, 6) is 0.500. The van der Waals surface area contributed by atoms with Gasteiger partial charge < -0.3 is 4.90 Å². The van der Waals surface area contributed by atoms with Crippen molar-refractivity contribution >= 4 is 29.1 Å². The summed E-state index contributed by atoms with van der Waals surface area (Å²) in [5, 5.41) is 9.30. The number of ketones is 1. The van der Waals surface area contributed by atoms with E-state index in [1.54, 1.807) is 29.2 Å². The minimum absolute atomic E-state index is 0.0545. The zero-order valence-electron chi connectivity index (χ0n) is 18.9. The maximum absolute atomic E-state index is 13.5. The number of halogens is 1. The molecule has 5 rings (SSSR count). The van der Waals surface area contributed by atoms with Crippen molar-refractivity contribution < 1.29 is 14.0 Å². The molecule has 176 valence electrons. The highest BCUT2D eigenvalue weighted by Gasteiger charge is 2.23. The van der Waals surface area contributed by atoms with Crippen molar-refractivity contribution in [1.82, 2.24) is 14.8 Å². The van der Waals surface area contributed by atoms with E-state index in [0.717, 1.165) is 23.2 Å². The molecule has 4 aromatic rings. The number of nitrogens with zero attached hydrogens (tertiary/aromatic N) is 4. The first-order valence-electron chi connectivity index (χ1n) is 11.4. The number of rotatable bonds is 8. The Labute approximate surface area is 206 Å². The first-order valence-corrected chi connectivity index (χ1v) is 12.4. The van der Waals surface area contributed by atoms with E-state index >= 15 is 0 Å². The summed E-state index contributed by atoms with van der Waals surface area (Å²) in [7, 11) is 0. The third-order valence-corrected chi connectivity index (χ3v) is 6.86. The van der Waals surface area contributed by atoms with Crippen LogP contribution in [0.15, 0.2) is 84.0 Å². The molecule has 8 heteroatoms. The lowest BCUT2D eigenvalue weighted by molar-refractivity contribution is -0.117. The number of amides is 1. The van der Waals surface area contributed by atoms with Gasteiger partial charge in [0.1, 0.15) is 5.82 Å². The average Bonchev–Trinajstić information content (AvgIpc) is 3.49. The van der Waals surface area contributed by atoms with Gasteiger partial charge in [-0.25, -0.2) is 4.39 Å². The second-order valence-corrected chi connectivity index (χ2v) is 9.24. The second kappa shape index (κ2) is 10.2. The van der Waals surface area contributed by atoms with E-state index < -0.39 is 0 Å². The van der Waals surface area contributed by atoms with Crippen molar-refractivity contribution in [3.63, 3.8) is 0 Å². The number of anilines is 1. The molecular formula is C27H23FN4O2S. The number of Topliss-reactive ketones (excluding diaryl/α,β-unsaturated/α-hetero) is 1. The first kappa shape index (κ1) is 23.0. The summed E-state index contributed by atoms with van der Waals surface area (Å²) in [4.78, 5) is 26.8. The minimum atomic E-state index is -0.319. The predicted molar refractivity (Wildman–Crippen MR) is 134 cm³/mol. The molecule has 6 nitrogen and oxygen atoms in total. The summed E-state index contributed by atoms with van der Waals surface area (Å²) in [6, 6.07) is 23.3. The largest absolute Gasteiger partial charge is 0.312 e. The van der Waals surface area contributed by atoms with Gasteiger partial charge in [0, 0.05) is 29.8 Å². The quantitative estimate of drug-likeness (QED) is 0.252. The third-order valence-electron chi connectivity index (χ3n) is 5.89. The molecule has 1 aliphatic heterocycles. The van der Waals surface area contributed by atoms with Gasteiger partial charge in [0.15, 0.2) is 16.8 Å². The fraction of sp³-hybridized carbons (Fsp3) is 0.185. The van der Waals surface area contributed by atoms with Crippen LogP contribution in [0.3, 0.4) is 0 Å². The van der Waals surface area contributed by atoms with Gasteiger partial charge in [0.2, 0.25) is 5.91 Å². The maximum Gasteiger partial charge on any atom is 0.227 e. The average molecular weight is 487 g/mol. The number of benzene rings is 3. The monoisotopic (exact) mass is 486 g/mol. The number of hydrogen-bond donors (Lipinski definition) is 0. The summed E-state index contributed by atoms with van der Waals surface area (Å²) in [5.41, 5.74) is 3.12.